The normalized spacial score (nSPS) is 23.3. The van der Waals surface area contributed by atoms with E-state index in [0.29, 0.717) is 47.6 Å². The largest absolute Gasteiger partial charge is 0.458 e. The Morgan fingerprint density at radius 3 is 2.75 bits per heavy atom. The van der Waals surface area contributed by atoms with Gasteiger partial charge >= 0.3 is 5.97 Å². The molecule has 10 heteroatoms. The number of hydrogen-bond donors (Lipinski definition) is 3. The van der Waals surface area contributed by atoms with Gasteiger partial charge < -0.3 is 24.8 Å². The Morgan fingerprint density at radius 2 is 2.02 bits per heavy atom. The van der Waals surface area contributed by atoms with E-state index >= 15 is 4.39 Å². The predicted octanol–water partition coefficient (Wildman–Crippen LogP) is 2.79. The first-order valence-corrected chi connectivity index (χ1v) is 13.9. The Balaban J connectivity index is 1.42. The number of halogens is 1. The minimum atomic E-state index is -1.96. The summed E-state index contributed by atoms with van der Waals surface area (Å²) in [7, 11) is 0. The molecule has 2 aliphatic carbocycles. The first-order valence-electron chi connectivity index (χ1n) is 13.9. The first kappa shape index (κ1) is 25.3. The molecule has 2 aromatic heterocycles. The van der Waals surface area contributed by atoms with Crippen LogP contribution in [0.25, 0.3) is 22.3 Å². The summed E-state index contributed by atoms with van der Waals surface area (Å²) in [5.74, 6) is -1.25. The maximum absolute atomic E-state index is 15.0. The molecule has 0 bridgehead atoms. The Hall–Kier alpha value is -3.63. The van der Waals surface area contributed by atoms with Gasteiger partial charge in [-0.2, -0.15) is 0 Å². The van der Waals surface area contributed by atoms with Gasteiger partial charge in [-0.15, -0.1) is 0 Å². The van der Waals surface area contributed by atoms with Crippen LogP contribution in [0, 0.1) is 18.7 Å². The van der Waals surface area contributed by atoms with Crippen LogP contribution in [-0.2, 0) is 39.5 Å². The minimum absolute atomic E-state index is 0.0239. The number of rotatable bonds is 5. The molecule has 7 rings (SSSR count). The van der Waals surface area contributed by atoms with E-state index in [1.165, 1.54) is 6.07 Å². The highest BCUT2D eigenvalue weighted by Gasteiger charge is 2.46. The van der Waals surface area contributed by atoms with Crippen molar-refractivity contribution in [2.45, 2.75) is 83.3 Å². The number of pyridine rings is 2. The molecule has 40 heavy (non-hydrogen) atoms. The number of amides is 1. The molecule has 0 saturated heterocycles. The molecule has 4 aliphatic rings. The van der Waals surface area contributed by atoms with E-state index in [1.807, 2.05) is 0 Å². The molecule has 208 valence electrons. The van der Waals surface area contributed by atoms with Gasteiger partial charge in [-0.3, -0.25) is 9.59 Å². The third-order valence-corrected chi connectivity index (χ3v) is 9.25. The smallest absolute Gasteiger partial charge is 0.343 e. The summed E-state index contributed by atoms with van der Waals surface area (Å²) in [5.41, 5.74) is 2.22. The van der Waals surface area contributed by atoms with Gasteiger partial charge in [0.25, 0.3) is 5.56 Å². The number of benzene rings is 1. The van der Waals surface area contributed by atoms with Crippen LogP contribution in [0.2, 0.25) is 0 Å². The van der Waals surface area contributed by atoms with Crippen LogP contribution in [-0.4, -0.2) is 37.7 Å². The van der Waals surface area contributed by atoms with Gasteiger partial charge in [0.05, 0.1) is 35.1 Å². The van der Waals surface area contributed by atoms with Gasteiger partial charge in [0.2, 0.25) is 5.91 Å². The summed E-state index contributed by atoms with van der Waals surface area (Å²) in [6.07, 6.45) is 2.42. The van der Waals surface area contributed by atoms with Gasteiger partial charge in [-0.25, -0.2) is 14.2 Å². The highest BCUT2D eigenvalue weighted by atomic mass is 19.1. The monoisotopic (exact) mass is 547 g/mol. The van der Waals surface area contributed by atoms with Gasteiger partial charge in [0.15, 0.2) is 5.60 Å². The lowest BCUT2D eigenvalue weighted by atomic mass is 9.81. The Labute approximate surface area is 229 Å². The zero-order chi connectivity index (χ0) is 28.1. The zero-order valence-electron chi connectivity index (χ0n) is 22.3. The van der Waals surface area contributed by atoms with Crippen LogP contribution in [0.4, 0.5) is 4.39 Å². The molecule has 3 N–H and O–H groups in total. The number of nitrogens with one attached hydrogen (secondary N) is 1. The average Bonchev–Trinajstić information content (AvgIpc) is 3.68. The second-order valence-electron chi connectivity index (χ2n) is 11.6. The quantitative estimate of drug-likeness (QED) is 0.328. The fourth-order valence-electron chi connectivity index (χ4n) is 6.74. The lowest BCUT2D eigenvalue weighted by molar-refractivity contribution is -0.172. The number of aryl methyl sites for hydroxylation is 1. The third kappa shape index (κ3) is 3.51. The molecule has 9 nitrogen and oxygen atoms in total. The van der Waals surface area contributed by atoms with Crippen molar-refractivity contribution in [3.05, 3.63) is 61.7 Å². The van der Waals surface area contributed by atoms with Crippen LogP contribution in [0.1, 0.15) is 78.5 Å². The molecule has 1 unspecified atom stereocenters. The fraction of sp³-hybridized carbons (Fsp3) is 0.467. The van der Waals surface area contributed by atoms with Crippen LogP contribution < -0.4 is 10.9 Å². The second-order valence-corrected chi connectivity index (χ2v) is 11.6. The van der Waals surface area contributed by atoms with E-state index in [4.69, 9.17) is 9.72 Å². The predicted molar refractivity (Wildman–Crippen MR) is 142 cm³/mol. The number of carbonyl (C=O) groups excluding carboxylic acids is 2. The van der Waals surface area contributed by atoms with Crippen molar-refractivity contribution in [3.8, 4) is 11.4 Å². The van der Waals surface area contributed by atoms with Gasteiger partial charge in [-0.1, -0.05) is 19.8 Å². The van der Waals surface area contributed by atoms with E-state index in [9.17, 15) is 24.6 Å². The summed E-state index contributed by atoms with van der Waals surface area (Å²) in [6, 6.07) is 2.54. The number of esters is 1. The standard InChI is InChI=1S/C30H30FN3O6/c1-3-30(39)18-9-22-26-16(11-34(22)28(37)17(18)12-40-29(30)38)25-20(33-27(36)23(35)8-14-4-5-14)7-6-15-13(2)19(31)10-21(32-26)24(15)25/h9-10,14,20,23,35,39H,3-8,11-12H2,1-2H3,(H,33,36)/t20-,23?,30+/m1/s1. The maximum atomic E-state index is 15.0. The number of carbonyl (C=O) groups is 2. The number of fused-ring (bicyclic) bond motifs is 5. The van der Waals surface area contributed by atoms with Crippen molar-refractivity contribution in [1.29, 1.82) is 0 Å². The first-order chi connectivity index (χ1) is 19.1. The van der Waals surface area contributed by atoms with E-state index in [0.717, 1.165) is 34.9 Å². The van der Waals surface area contributed by atoms with Crippen LogP contribution in [0.3, 0.4) is 0 Å². The van der Waals surface area contributed by atoms with E-state index in [-0.39, 0.29) is 42.1 Å². The highest BCUT2D eigenvalue weighted by Crippen LogP contribution is 2.46. The molecule has 0 radical (unpaired) electrons. The summed E-state index contributed by atoms with van der Waals surface area (Å²) in [4.78, 5) is 44.1. The SMILES string of the molecule is CC[C@@]1(O)C(=O)OCc2c1cc1n(c2=O)Cc2c-1nc1cc(F)c(C)c3c1c2[C@H](NC(=O)C(O)CC1CC1)CC3. The lowest BCUT2D eigenvalue weighted by Gasteiger charge is -2.31. The van der Waals surface area contributed by atoms with E-state index in [2.05, 4.69) is 5.32 Å². The van der Waals surface area contributed by atoms with E-state index in [1.54, 1.807) is 24.5 Å². The number of ether oxygens (including phenoxy) is 1. The fourth-order valence-corrected chi connectivity index (χ4v) is 6.74. The molecule has 1 saturated carbocycles. The van der Waals surface area contributed by atoms with Crippen molar-refractivity contribution in [2.24, 2.45) is 5.92 Å². The van der Waals surface area contributed by atoms with Crippen molar-refractivity contribution < 1.29 is 28.9 Å². The zero-order valence-corrected chi connectivity index (χ0v) is 22.3. The molecule has 1 amide bonds. The number of aromatic nitrogens is 2. The van der Waals surface area contributed by atoms with Crippen molar-refractivity contribution in [3.63, 3.8) is 0 Å². The third-order valence-electron chi connectivity index (χ3n) is 9.25. The summed E-state index contributed by atoms with van der Waals surface area (Å²) < 4.78 is 21.8. The molecule has 1 aromatic carbocycles. The number of hydrogen-bond acceptors (Lipinski definition) is 7. The van der Waals surface area contributed by atoms with Gasteiger partial charge in [0.1, 0.15) is 18.5 Å². The molecule has 3 atom stereocenters. The number of cyclic esters (lactones) is 1. The molecular weight excluding hydrogens is 517 g/mol. The summed E-state index contributed by atoms with van der Waals surface area (Å²) >= 11 is 0. The van der Waals surface area contributed by atoms with Gasteiger partial charge in [-0.05, 0) is 61.3 Å². The van der Waals surface area contributed by atoms with Crippen LogP contribution in [0.15, 0.2) is 16.9 Å². The number of aliphatic hydroxyl groups excluding tert-OH is 1. The molecular formula is C30H30FN3O6. The second kappa shape index (κ2) is 8.68. The maximum Gasteiger partial charge on any atom is 0.343 e. The molecule has 3 aromatic rings. The molecule has 0 spiro atoms. The topological polar surface area (TPSA) is 131 Å². The van der Waals surface area contributed by atoms with Crippen molar-refractivity contribution in [2.75, 3.05) is 0 Å². The Bertz CT molecular complexity index is 1710. The lowest BCUT2D eigenvalue weighted by Crippen LogP contribution is -2.44. The summed E-state index contributed by atoms with van der Waals surface area (Å²) in [5, 5.41) is 25.5. The number of aliphatic hydroxyl groups is 2. The molecule has 2 aliphatic heterocycles. The van der Waals surface area contributed by atoms with E-state index < -0.39 is 29.6 Å². The van der Waals surface area contributed by atoms with Crippen molar-refractivity contribution >= 4 is 22.8 Å². The van der Waals surface area contributed by atoms with Crippen LogP contribution >= 0.6 is 0 Å². The van der Waals surface area contributed by atoms with Crippen molar-refractivity contribution in [1.82, 2.24) is 14.9 Å². The highest BCUT2D eigenvalue weighted by molar-refractivity contribution is 5.94. The van der Waals surface area contributed by atoms with Crippen LogP contribution in [0.5, 0.6) is 0 Å². The number of nitrogens with zero attached hydrogens (tertiary/aromatic N) is 2. The molecule has 4 heterocycles. The minimum Gasteiger partial charge on any atom is -0.458 e. The summed E-state index contributed by atoms with van der Waals surface area (Å²) in [6.45, 7) is 3.30. The van der Waals surface area contributed by atoms with Gasteiger partial charge in [0, 0.05) is 22.6 Å². The Morgan fingerprint density at radius 1 is 1.25 bits per heavy atom. The molecule has 1 fully saturated rings. The Kier molecular flexibility index (Phi) is 5.50. The average molecular weight is 548 g/mol.